The third-order valence-electron chi connectivity index (χ3n) is 3.75. The van der Waals surface area contributed by atoms with Gasteiger partial charge < -0.3 is 14.8 Å². The molecule has 0 radical (unpaired) electrons. The predicted octanol–water partition coefficient (Wildman–Crippen LogP) is 4.62. The largest absolute Gasteiger partial charge is 0.481 e. The molecular weight excluding hydrogens is 354 g/mol. The second-order valence-electron chi connectivity index (χ2n) is 5.68. The molecule has 2 aromatic carbocycles. The molecular formula is C20H22ClNO4. The molecule has 0 unspecified atom stereocenters. The van der Waals surface area contributed by atoms with Crippen molar-refractivity contribution in [1.82, 2.24) is 0 Å². The van der Waals surface area contributed by atoms with Gasteiger partial charge in [0.15, 0.2) is 6.10 Å². The highest BCUT2D eigenvalue weighted by atomic mass is 35.5. The van der Waals surface area contributed by atoms with Crippen molar-refractivity contribution in [3.05, 3.63) is 58.6 Å². The van der Waals surface area contributed by atoms with E-state index in [9.17, 15) is 9.59 Å². The van der Waals surface area contributed by atoms with Crippen molar-refractivity contribution in [1.29, 1.82) is 0 Å². The number of carbonyl (C=O) groups excluding carboxylic acids is 2. The summed E-state index contributed by atoms with van der Waals surface area (Å²) in [7, 11) is 0. The van der Waals surface area contributed by atoms with Gasteiger partial charge in [-0.3, -0.25) is 4.79 Å². The summed E-state index contributed by atoms with van der Waals surface area (Å²) in [6.45, 7) is 5.71. The molecule has 2 rings (SSSR count). The number of carbonyl (C=O) groups is 2. The van der Waals surface area contributed by atoms with E-state index < -0.39 is 12.1 Å². The van der Waals surface area contributed by atoms with E-state index in [0.717, 1.165) is 5.56 Å². The van der Waals surface area contributed by atoms with Crippen LogP contribution in [0.15, 0.2) is 42.5 Å². The zero-order valence-electron chi connectivity index (χ0n) is 15.0. The van der Waals surface area contributed by atoms with Crippen LogP contribution in [0.25, 0.3) is 0 Å². The number of halogens is 1. The topological polar surface area (TPSA) is 64.6 Å². The molecule has 1 atom stereocenters. The lowest BCUT2D eigenvalue weighted by atomic mass is 10.1. The van der Waals surface area contributed by atoms with Crippen molar-refractivity contribution in [3.8, 4) is 5.75 Å². The van der Waals surface area contributed by atoms with E-state index in [1.165, 1.54) is 0 Å². The van der Waals surface area contributed by atoms with Gasteiger partial charge in [0.25, 0.3) is 5.91 Å². The lowest BCUT2D eigenvalue weighted by molar-refractivity contribution is -0.122. The van der Waals surface area contributed by atoms with Crippen LogP contribution in [0.5, 0.6) is 5.75 Å². The Morgan fingerprint density at radius 3 is 2.54 bits per heavy atom. The number of hydrogen-bond donors (Lipinski definition) is 1. The Kier molecular flexibility index (Phi) is 7.04. The van der Waals surface area contributed by atoms with Crippen LogP contribution < -0.4 is 10.1 Å². The lowest BCUT2D eigenvalue weighted by Gasteiger charge is -2.18. The first-order chi connectivity index (χ1) is 12.5. The molecule has 2 aromatic rings. The Labute approximate surface area is 158 Å². The van der Waals surface area contributed by atoms with Crippen LogP contribution in [0.2, 0.25) is 5.02 Å². The van der Waals surface area contributed by atoms with Gasteiger partial charge in [-0.25, -0.2) is 4.79 Å². The monoisotopic (exact) mass is 375 g/mol. The molecule has 0 aliphatic carbocycles. The van der Waals surface area contributed by atoms with Crippen LogP contribution in [-0.4, -0.2) is 24.6 Å². The molecule has 138 valence electrons. The van der Waals surface area contributed by atoms with Gasteiger partial charge in [0.2, 0.25) is 0 Å². The van der Waals surface area contributed by atoms with E-state index in [0.29, 0.717) is 28.4 Å². The Morgan fingerprint density at radius 1 is 1.15 bits per heavy atom. The molecule has 6 heteroatoms. The molecule has 0 aliphatic heterocycles. The van der Waals surface area contributed by atoms with Gasteiger partial charge >= 0.3 is 5.97 Å². The number of ether oxygens (including phenoxy) is 2. The molecule has 1 amide bonds. The second kappa shape index (κ2) is 9.25. The van der Waals surface area contributed by atoms with Gasteiger partial charge in [-0.1, -0.05) is 30.7 Å². The van der Waals surface area contributed by atoms with Crippen molar-refractivity contribution in [2.75, 3.05) is 11.9 Å². The van der Waals surface area contributed by atoms with Crippen LogP contribution in [0, 0.1) is 6.92 Å². The molecule has 0 spiro atoms. The summed E-state index contributed by atoms with van der Waals surface area (Å²) in [4.78, 5) is 24.6. The average Bonchev–Trinajstić information content (AvgIpc) is 2.63. The van der Waals surface area contributed by atoms with Crippen LogP contribution in [-0.2, 0) is 9.53 Å². The highest BCUT2D eigenvalue weighted by Crippen LogP contribution is 2.23. The highest BCUT2D eigenvalue weighted by molar-refractivity contribution is 6.31. The van der Waals surface area contributed by atoms with Crippen molar-refractivity contribution in [2.45, 2.75) is 33.3 Å². The first-order valence-electron chi connectivity index (χ1n) is 8.46. The smallest absolute Gasteiger partial charge is 0.340 e. The quantitative estimate of drug-likeness (QED) is 0.717. The first-order valence-corrected chi connectivity index (χ1v) is 8.83. The van der Waals surface area contributed by atoms with Gasteiger partial charge in [-0.15, -0.1) is 0 Å². The number of nitrogens with one attached hydrogen (secondary N) is 1. The maximum Gasteiger partial charge on any atom is 0.340 e. The summed E-state index contributed by atoms with van der Waals surface area (Å²) in [5, 5.41) is 3.39. The lowest BCUT2D eigenvalue weighted by Crippen LogP contribution is -2.33. The zero-order chi connectivity index (χ0) is 19.1. The SMILES string of the molecule is CCOC(=O)c1ccccc1NC(=O)[C@H](CC)Oc1ccc(Cl)c(C)c1. The predicted molar refractivity (Wildman–Crippen MR) is 102 cm³/mol. The number of amides is 1. The third kappa shape index (κ3) is 4.99. The molecule has 0 saturated carbocycles. The van der Waals surface area contributed by atoms with Gasteiger partial charge in [0.05, 0.1) is 17.9 Å². The number of hydrogen-bond acceptors (Lipinski definition) is 4. The Hall–Kier alpha value is -2.53. The van der Waals surface area contributed by atoms with E-state index in [1.54, 1.807) is 49.4 Å². The average molecular weight is 376 g/mol. The maximum atomic E-state index is 12.6. The number of rotatable bonds is 7. The summed E-state index contributed by atoms with van der Waals surface area (Å²) in [6.07, 6.45) is -0.236. The Balaban J connectivity index is 2.14. The highest BCUT2D eigenvalue weighted by Gasteiger charge is 2.21. The van der Waals surface area contributed by atoms with Gasteiger partial charge in [-0.2, -0.15) is 0 Å². The first kappa shape index (κ1) is 19.8. The number of anilines is 1. The Morgan fingerprint density at radius 2 is 1.88 bits per heavy atom. The molecule has 26 heavy (non-hydrogen) atoms. The summed E-state index contributed by atoms with van der Waals surface area (Å²) in [6, 6.07) is 12.0. The number of para-hydroxylation sites is 1. The molecule has 1 N–H and O–H groups in total. The number of benzene rings is 2. The van der Waals surface area contributed by atoms with E-state index in [4.69, 9.17) is 21.1 Å². The number of esters is 1. The summed E-state index contributed by atoms with van der Waals surface area (Å²) < 4.78 is 10.8. The molecule has 0 fully saturated rings. The van der Waals surface area contributed by atoms with Crippen LogP contribution in [0.3, 0.4) is 0 Å². The molecule has 5 nitrogen and oxygen atoms in total. The molecule has 0 heterocycles. The fourth-order valence-corrected chi connectivity index (χ4v) is 2.49. The van der Waals surface area contributed by atoms with Crippen LogP contribution in [0.4, 0.5) is 5.69 Å². The summed E-state index contributed by atoms with van der Waals surface area (Å²) in [5.74, 6) is -0.255. The Bertz CT molecular complexity index is 791. The maximum absolute atomic E-state index is 12.6. The van der Waals surface area contributed by atoms with Crippen LogP contribution >= 0.6 is 11.6 Å². The fourth-order valence-electron chi connectivity index (χ4n) is 2.37. The van der Waals surface area contributed by atoms with E-state index >= 15 is 0 Å². The molecule has 0 aliphatic rings. The van der Waals surface area contributed by atoms with E-state index in [-0.39, 0.29) is 12.5 Å². The minimum Gasteiger partial charge on any atom is -0.481 e. The molecule has 0 aromatic heterocycles. The standard InChI is InChI=1S/C20H22ClNO4/c1-4-18(26-14-10-11-16(21)13(3)12-14)19(23)22-17-9-7-6-8-15(17)20(24)25-5-2/h6-12,18H,4-5H2,1-3H3,(H,22,23)/t18-/m0/s1. The van der Waals surface area contributed by atoms with Gasteiger partial charge in [0, 0.05) is 5.02 Å². The van der Waals surface area contributed by atoms with E-state index in [2.05, 4.69) is 5.32 Å². The zero-order valence-corrected chi connectivity index (χ0v) is 15.8. The molecule has 0 saturated heterocycles. The summed E-state index contributed by atoms with van der Waals surface area (Å²) in [5.41, 5.74) is 1.57. The fraction of sp³-hybridized carbons (Fsp3) is 0.300. The van der Waals surface area contributed by atoms with Crippen LogP contribution in [0.1, 0.15) is 36.2 Å². The van der Waals surface area contributed by atoms with Crippen molar-refractivity contribution in [2.24, 2.45) is 0 Å². The molecule has 0 bridgehead atoms. The van der Waals surface area contributed by atoms with Gasteiger partial charge in [-0.05, 0) is 56.2 Å². The minimum atomic E-state index is -0.703. The minimum absolute atomic E-state index is 0.262. The second-order valence-corrected chi connectivity index (χ2v) is 6.09. The van der Waals surface area contributed by atoms with E-state index in [1.807, 2.05) is 13.8 Å². The normalized spacial score (nSPS) is 11.5. The van der Waals surface area contributed by atoms with Crippen molar-refractivity contribution >= 4 is 29.2 Å². The third-order valence-corrected chi connectivity index (χ3v) is 4.18. The van der Waals surface area contributed by atoms with Gasteiger partial charge in [0.1, 0.15) is 5.75 Å². The number of aryl methyl sites for hydroxylation is 1. The van der Waals surface area contributed by atoms with Crippen molar-refractivity contribution < 1.29 is 19.1 Å². The summed E-state index contributed by atoms with van der Waals surface area (Å²) >= 11 is 6.02. The van der Waals surface area contributed by atoms with Crippen molar-refractivity contribution in [3.63, 3.8) is 0 Å².